The van der Waals surface area contributed by atoms with E-state index in [-0.39, 0.29) is 18.1 Å². The Morgan fingerprint density at radius 1 is 1.32 bits per heavy atom. The minimum atomic E-state index is -0.555. The fourth-order valence-corrected chi connectivity index (χ4v) is 3.18. The number of fused-ring (bicyclic) bond motifs is 1. The van der Waals surface area contributed by atoms with Crippen LogP contribution >= 0.6 is 0 Å². The number of morpholine rings is 1. The summed E-state index contributed by atoms with van der Waals surface area (Å²) < 4.78 is 5.73. The van der Waals surface area contributed by atoms with Crippen molar-refractivity contribution >= 4 is 5.91 Å². The van der Waals surface area contributed by atoms with Gasteiger partial charge in [0.05, 0.1) is 18.8 Å². The Morgan fingerprint density at radius 3 is 2.89 bits per heavy atom. The first-order chi connectivity index (χ1) is 9.27. The molecule has 2 fully saturated rings. The van der Waals surface area contributed by atoms with Gasteiger partial charge in [-0.3, -0.25) is 4.79 Å². The third-order valence-corrected chi connectivity index (χ3v) is 4.19. The highest BCUT2D eigenvalue weighted by Gasteiger charge is 2.39. The van der Waals surface area contributed by atoms with Gasteiger partial charge < -0.3 is 15.4 Å². The smallest absolute Gasteiger partial charge is 0.244 e. The highest BCUT2D eigenvalue weighted by molar-refractivity contribution is 5.83. The van der Waals surface area contributed by atoms with E-state index >= 15 is 0 Å². The molecular formula is C15H20N2O2. The third kappa shape index (κ3) is 2.38. The molecule has 0 radical (unpaired) electrons. The lowest BCUT2D eigenvalue weighted by molar-refractivity contribution is -0.145. The van der Waals surface area contributed by atoms with Crippen LogP contribution in [0, 0.1) is 0 Å². The first-order valence-electron chi connectivity index (χ1n) is 7.00. The molecule has 0 bridgehead atoms. The van der Waals surface area contributed by atoms with Gasteiger partial charge >= 0.3 is 0 Å². The minimum absolute atomic E-state index is 0.0337. The van der Waals surface area contributed by atoms with E-state index in [2.05, 4.69) is 0 Å². The van der Waals surface area contributed by atoms with Crippen molar-refractivity contribution in [2.75, 3.05) is 13.2 Å². The van der Waals surface area contributed by atoms with Crippen LogP contribution in [0.4, 0.5) is 0 Å². The normalized spacial score (nSPS) is 27.9. The summed E-state index contributed by atoms with van der Waals surface area (Å²) in [5, 5.41) is 0. The van der Waals surface area contributed by atoms with Crippen LogP contribution in [0.3, 0.4) is 0 Å². The molecule has 1 aliphatic carbocycles. The molecule has 1 aliphatic heterocycles. The van der Waals surface area contributed by atoms with E-state index < -0.39 is 6.04 Å². The fraction of sp³-hybridized carbons (Fsp3) is 0.533. The number of carbonyl (C=O) groups excluding carboxylic acids is 1. The first kappa shape index (κ1) is 12.6. The molecule has 1 heterocycles. The van der Waals surface area contributed by atoms with Crippen LogP contribution in [0.25, 0.3) is 0 Å². The highest BCUT2D eigenvalue weighted by atomic mass is 16.5. The largest absolute Gasteiger partial charge is 0.374 e. The van der Waals surface area contributed by atoms with E-state index in [1.807, 2.05) is 35.2 Å². The van der Waals surface area contributed by atoms with Gasteiger partial charge in [-0.05, 0) is 24.8 Å². The molecule has 1 amide bonds. The molecule has 4 heteroatoms. The summed E-state index contributed by atoms with van der Waals surface area (Å²) in [6, 6.07) is 9.27. The van der Waals surface area contributed by atoms with Crippen LogP contribution in [-0.2, 0) is 9.53 Å². The molecule has 2 aliphatic rings. The first-order valence-corrected chi connectivity index (χ1v) is 7.00. The van der Waals surface area contributed by atoms with Gasteiger partial charge in [0, 0.05) is 6.54 Å². The van der Waals surface area contributed by atoms with E-state index in [4.69, 9.17) is 10.5 Å². The molecule has 1 saturated heterocycles. The maximum Gasteiger partial charge on any atom is 0.244 e. The number of nitrogens with zero attached hydrogens (tertiary/aromatic N) is 1. The van der Waals surface area contributed by atoms with Crippen molar-refractivity contribution in [1.82, 2.24) is 4.90 Å². The van der Waals surface area contributed by atoms with Gasteiger partial charge in [-0.15, -0.1) is 0 Å². The number of carbonyl (C=O) groups is 1. The monoisotopic (exact) mass is 260 g/mol. The number of nitrogens with two attached hydrogens (primary N) is 1. The Balaban J connectivity index is 1.76. The second-order valence-corrected chi connectivity index (χ2v) is 5.33. The molecule has 3 rings (SSSR count). The third-order valence-electron chi connectivity index (χ3n) is 4.19. The number of rotatable bonds is 2. The van der Waals surface area contributed by atoms with Gasteiger partial charge in [0.15, 0.2) is 0 Å². The van der Waals surface area contributed by atoms with E-state index in [0.29, 0.717) is 13.2 Å². The van der Waals surface area contributed by atoms with Gasteiger partial charge in [0.1, 0.15) is 6.04 Å². The molecule has 1 aromatic rings. The van der Waals surface area contributed by atoms with Crippen LogP contribution in [0.15, 0.2) is 30.3 Å². The molecule has 0 spiro atoms. The molecule has 4 nitrogen and oxygen atoms in total. The summed E-state index contributed by atoms with van der Waals surface area (Å²) in [6.45, 7) is 1.30. The summed E-state index contributed by atoms with van der Waals surface area (Å²) in [4.78, 5) is 14.5. The van der Waals surface area contributed by atoms with Crippen LogP contribution < -0.4 is 5.73 Å². The van der Waals surface area contributed by atoms with Crippen molar-refractivity contribution in [3.05, 3.63) is 35.9 Å². The molecule has 102 valence electrons. The maximum atomic E-state index is 12.6. The Morgan fingerprint density at radius 2 is 2.11 bits per heavy atom. The Labute approximate surface area is 113 Å². The Kier molecular flexibility index (Phi) is 3.53. The lowest BCUT2D eigenvalue weighted by Gasteiger charge is -2.39. The van der Waals surface area contributed by atoms with Crippen molar-refractivity contribution in [3.63, 3.8) is 0 Å². The molecule has 2 unspecified atom stereocenters. The SMILES string of the molecule is N[C@@H](C(=O)N1CCOC2CCCC21)c1ccccc1. The van der Waals surface area contributed by atoms with Crippen molar-refractivity contribution in [3.8, 4) is 0 Å². The number of amides is 1. The highest BCUT2D eigenvalue weighted by Crippen LogP contribution is 2.31. The van der Waals surface area contributed by atoms with Crippen molar-refractivity contribution < 1.29 is 9.53 Å². The average Bonchev–Trinajstić information content (AvgIpc) is 2.95. The van der Waals surface area contributed by atoms with Crippen molar-refractivity contribution in [2.24, 2.45) is 5.73 Å². The van der Waals surface area contributed by atoms with Crippen LogP contribution in [0.5, 0.6) is 0 Å². The predicted octanol–water partition coefficient (Wildman–Crippen LogP) is 1.47. The zero-order chi connectivity index (χ0) is 13.2. The van der Waals surface area contributed by atoms with E-state index in [0.717, 1.165) is 24.8 Å². The molecule has 1 saturated carbocycles. The Hall–Kier alpha value is -1.39. The minimum Gasteiger partial charge on any atom is -0.374 e. The number of benzene rings is 1. The summed E-state index contributed by atoms with van der Waals surface area (Å²) in [6.07, 6.45) is 3.47. The Bertz CT molecular complexity index is 449. The van der Waals surface area contributed by atoms with Crippen LogP contribution in [0.2, 0.25) is 0 Å². The molecule has 2 N–H and O–H groups in total. The lowest BCUT2D eigenvalue weighted by Crippen LogP contribution is -2.53. The quantitative estimate of drug-likeness (QED) is 0.876. The zero-order valence-electron chi connectivity index (χ0n) is 11.0. The standard InChI is InChI=1S/C15H20N2O2/c16-14(11-5-2-1-3-6-11)15(18)17-9-10-19-13-8-4-7-12(13)17/h1-3,5-6,12-14H,4,7-10,16H2/t12?,13?,14-/m1/s1. The molecule has 19 heavy (non-hydrogen) atoms. The van der Waals surface area contributed by atoms with Gasteiger partial charge in [0.25, 0.3) is 0 Å². The van der Waals surface area contributed by atoms with Gasteiger partial charge in [-0.1, -0.05) is 30.3 Å². The molecule has 1 aromatic carbocycles. The van der Waals surface area contributed by atoms with Gasteiger partial charge in [-0.25, -0.2) is 0 Å². The maximum absolute atomic E-state index is 12.6. The number of ether oxygens (including phenoxy) is 1. The van der Waals surface area contributed by atoms with E-state index in [1.54, 1.807) is 0 Å². The van der Waals surface area contributed by atoms with Gasteiger partial charge in [-0.2, -0.15) is 0 Å². The van der Waals surface area contributed by atoms with E-state index in [1.165, 1.54) is 0 Å². The van der Waals surface area contributed by atoms with E-state index in [9.17, 15) is 4.79 Å². The van der Waals surface area contributed by atoms with Gasteiger partial charge in [0.2, 0.25) is 5.91 Å². The van der Waals surface area contributed by atoms with Crippen molar-refractivity contribution in [2.45, 2.75) is 37.5 Å². The predicted molar refractivity (Wildman–Crippen MR) is 72.5 cm³/mol. The zero-order valence-corrected chi connectivity index (χ0v) is 11.0. The fourth-order valence-electron chi connectivity index (χ4n) is 3.18. The topological polar surface area (TPSA) is 55.6 Å². The summed E-state index contributed by atoms with van der Waals surface area (Å²) in [5.74, 6) is 0.0337. The summed E-state index contributed by atoms with van der Waals surface area (Å²) in [5.41, 5.74) is 7.00. The van der Waals surface area contributed by atoms with Crippen molar-refractivity contribution in [1.29, 1.82) is 0 Å². The lowest BCUT2D eigenvalue weighted by atomic mass is 10.0. The molecular weight excluding hydrogens is 240 g/mol. The molecule has 3 atom stereocenters. The summed E-state index contributed by atoms with van der Waals surface area (Å²) in [7, 11) is 0. The summed E-state index contributed by atoms with van der Waals surface area (Å²) >= 11 is 0. The van der Waals surface area contributed by atoms with Crippen LogP contribution in [-0.4, -0.2) is 36.1 Å². The molecule has 0 aromatic heterocycles. The second-order valence-electron chi connectivity index (χ2n) is 5.33. The average molecular weight is 260 g/mol. The number of hydrogen-bond donors (Lipinski definition) is 1. The van der Waals surface area contributed by atoms with Crippen LogP contribution in [0.1, 0.15) is 30.9 Å². The number of hydrogen-bond acceptors (Lipinski definition) is 3. The second kappa shape index (κ2) is 5.31.